The summed E-state index contributed by atoms with van der Waals surface area (Å²) < 4.78 is 0. The summed E-state index contributed by atoms with van der Waals surface area (Å²) in [5.41, 5.74) is 2.43. The minimum atomic E-state index is -0.0838. The van der Waals surface area contributed by atoms with Crippen molar-refractivity contribution in [2.75, 3.05) is 18.9 Å². The van der Waals surface area contributed by atoms with Crippen molar-refractivity contribution in [1.82, 2.24) is 5.32 Å². The highest BCUT2D eigenvalue weighted by Gasteiger charge is 2.42. The molecule has 102 valence electrons. The van der Waals surface area contributed by atoms with Crippen molar-refractivity contribution in [3.05, 3.63) is 35.4 Å². The first-order valence-corrected chi connectivity index (χ1v) is 7.87. The van der Waals surface area contributed by atoms with Gasteiger partial charge in [0.1, 0.15) is 5.25 Å². The number of thioether (sulfide) groups is 1. The molecule has 1 heterocycles. The van der Waals surface area contributed by atoms with Crippen LogP contribution in [0.2, 0.25) is 0 Å². The molecule has 0 saturated heterocycles. The lowest BCUT2D eigenvalue weighted by Gasteiger charge is -2.25. The molecule has 1 fully saturated rings. The SMILES string of the molecule is O=C(NCC1(CO)CC1)C1SCCc2ccccc21. The molecule has 4 heteroatoms. The second-order valence-electron chi connectivity index (χ2n) is 5.58. The van der Waals surface area contributed by atoms with Gasteiger partial charge in [0.05, 0.1) is 6.61 Å². The van der Waals surface area contributed by atoms with Gasteiger partial charge in [0.15, 0.2) is 0 Å². The lowest BCUT2D eigenvalue weighted by Crippen LogP contribution is -2.35. The zero-order valence-corrected chi connectivity index (χ0v) is 11.7. The van der Waals surface area contributed by atoms with Gasteiger partial charge in [-0.2, -0.15) is 0 Å². The average molecular weight is 277 g/mol. The van der Waals surface area contributed by atoms with Gasteiger partial charge in [0, 0.05) is 12.0 Å². The molecule has 2 N–H and O–H groups in total. The van der Waals surface area contributed by atoms with Crippen molar-refractivity contribution in [1.29, 1.82) is 0 Å². The predicted octanol–water partition coefficient (Wildman–Crippen LogP) is 1.91. The Labute approximate surface area is 117 Å². The van der Waals surface area contributed by atoms with Crippen LogP contribution in [0.25, 0.3) is 0 Å². The van der Waals surface area contributed by atoms with Crippen LogP contribution in [0, 0.1) is 5.41 Å². The van der Waals surface area contributed by atoms with E-state index in [1.807, 2.05) is 12.1 Å². The lowest BCUT2D eigenvalue weighted by atomic mass is 10.0. The van der Waals surface area contributed by atoms with Crippen LogP contribution in [0.1, 0.15) is 29.2 Å². The van der Waals surface area contributed by atoms with Crippen LogP contribution in [-0.2, 0) is 11.2 Å². The number of aryl methyl sites for hydroxylation is 1. The van der Waals surface area contributed by atoms with E-state index >= 15 is 0 Å². The molecule has 0 radical (unpaired) electrons. The molecule has 2 aliphatic rings. The Morgan fingerprint density at radius 3 is 2.95 bits per heavy atom. The van der Waals surface area contributed by atoms with E-state index in [0.717, 1.165) is 30.6 Å². The molecule has 1 aromatic carbocycles. The Kier molecular flexibility index (Phi) is 3.54. The molecule has 1 saturated carbocycles. The van der Waals surface area contributed by atoms with Crippen LogP contribution >= 0.6 is 11.8 Å². The fraction of sp³-hybridized carbons (Fsp3) is 0.533. The van der Waals surface area contributed by atoms with E-state index in [1.54, 1.807) is 11.8 Å². The van der Waals surface area contributed by atoms with E-state index in [2.05, 4.69) is 17.4 Å². The number of fused-ring (bicyclic) bond motifs is 1. The first-order valence-electron chi connectivity index (χ1n) is 6.82. The fourth-order valence-corrected chi connectivity index (χ4v) is 3.76. The molecular weight excluding hydrogens is 258 g/mol. The molecule has 1 aliphatic heterocycles. The summed E-state index contributed by atoms with van der Waals surface area (Å²) >= 11 is 1.72. The summed E-state index contributed by atoms with van der Waals surface area (Å²) in [6, 6.07) is 8.21. The molecule has 3 rings (SSSR count). The molecule has 0 spiro atoms. The lowest BCUT2D eigenvalue weighted by molar-refractivity contribution is -0.121. The van der Waals surface area contributed by atoms with Crippen LogP contribution in [-0.4, -0.2) is 29.9 Å². The molecular formula is C15H19NO2S. The highest BCUT2D eigenvalue weighted by molar-refractivity contribution is 8.00. The maximum absolute atomic E-state index is 12.3. The number of nitrogens with one attached hydrogen (secondary N) is 1. The van der Waals surface area contributed by atoms with Gasteiger partial charge in [-0.05, 0) is 36.1 Å². The normalized spacial score (nSPS) is 23.5. The van der Waals surface area contributed by atoms with Crippen molar-refractivity contribution in [3.63, 3.8) is 0 Å². The quantitative estimate of drug-likeness (QED) is 0.884. The second kappa shape index (κ2) is 5.17. The topological polar surface area (TPSA) is 49.3 Å². The number of amides is 1. The second-order valence-corrected chi connectivity index (χ2v) is 6.79. The molecule has 1 amide bonds. The van der Waals surface area contributed by atoms with Crippen molar-refractivity contribution >= 4 is 17.7 Å². The summed E-state index contributed by atoms with van der Waals surface area (Å²) in [7, 11) is 0. The van der Waals surface area contributed by atoms with Crippen molar-refractivity contribution in [2.24, 2.45) is 5.41 Å². The number of aliphatic hydroxyl groups excluding tert-OH is 1. The van der Waals surface area contributed by atoms with E-state index in [4.69, 9.17) is 0 Å². The number of aliphatic hydroxyl groups is 1. The predicted molar refractivity (Wildman–Crippen MR) is 77.1 cm³/mol. The minimum Gasteiger partial charge on any atom is -0.396 e. The first-order chi connectivity index (χ1) is 9.24. The summed E-state index contributed by atoms with van der Waals surface area (Å²) in [5.74, 6) is 1.09. The number of hydrogen-bond acceptors (Lipinski definition) is 3. The van der Waals surface area contributed by atoms with Gasteiger partial charge in [-0.25, -0.2) is 0 Å². The van der Waals surface area contributed by atoms with Crippen LogP contribution in [0.5, 0.6) is 0 Å². The molecule has 3 nitrogen and oxygen atoms in total. The summed E-state index contributed by atoms with van der Waals surface area (Å²) in [6.45, 7) is 0.795. The Morgan fingerprint density at radius 2 is 2.21 bits per heavy atom. The van der Waals surface area contributed by atoms with E-state index in [9.17, 15) is 9.90 Å². The van der Waals surface area contributed by atoms with Gasteiger partial charge in [0.25, 0.3) is 0 Å². The van der Waals surface area contributed by atoms with Crippen molar-refractivity contribution in [2.45, 2.75) is 24.5 Å². The smallest absolute Gasteiger partial charge is 0.237 e. The Bertz CT molecular complexity index is 485. The Balaban J connectivity index is 1.67. The van der Waals surface area contributed by atoms with Crippen molar-refractivity contribution < 1.29 is 9.90 Å². The molecule has 1 aromatic rings. The molecule has 1 atom stereocenters. The molecule has 19 heavy (non-hydrogen) atoms. The number of rotatable bonds is 4. The van der Waals surface area contributed by atoms with Gasteiger partial charge in [0.2, 0.25) is 5.91 Å². The summed E-state index contributed by atoms with van der Waals surface area (Å²) in [4.78, 5) is 12.3. The molecule has 0 bridgehead atoms. The van der Waals surface area contributed by atoms with E-state index in [1.165, 1.54) is 5.56 Å². The van der Waals surface area contributed by atoms with Crippen LogP contribution in [0.15, 0.2) is 24.3 Å². The summed E-state index contributed by atoms with van der Waals surface area (Å²) in [6.07, 6.45) is 3.10. The third-order valence-electron chi connectivity index (χ3n) is 4.16. The van der Waals surface area contributed by atoms with Gasteiger partial charge >= 0.3 is 0 Å². The van der Waals surface area contributed by atoms with Crippen molar-refractivity contribution in [3.8, 4) is 0 Å². The maximum Gasteiger partial charge on any atom is 0.237 e. The zero-order chi connectivity index (χ0) is 13.3. The largest absolute Gasteiger partial charge is 0.396 e. The highest BCUT2D eigenvalue weighted by atomic mass is 32.2. The van der Waals surface area contributed by atoms with Gasteiger partial charge in [-0.1, -0.05) is 24.3 Å². The van der Waals surface area contributed by atoms with Gasteiger partial charge in [-0.15, -0.1) is 11.8 Å². The number of carbonyl (C=O) groups excluding carboxylic acids is 1. The standard InChI is InChI=1S/C15H19NO2S/c17-10-15(6-7-15)9-16-14(18)13-12-4-2-1-3-11(12)5-8-19-13/h1-4,13,17H,5-10H2,(H,16,18). The Morgan fingerprint density at radius 1 is 1.42 bits per heavy atom. The van der Waals surface area contributed by atoms with Crippen LogP contribution in [0.4, 0.5) is 0 Å². The molecule has 1 unspecified atom stereocenters. The van der Waals surface area contributed by atoms with Gasteiger partial charge < -0.3 is 10.4 Å². The number of carbonyl (C=O) groups is 1. The van der Waals surface area contributed by atoms with Crippen LogP contribution < -0.4 is 5.32 Å². The monoisotopic (exact) mass is 277 g/mol. The van der Waals surface area contributed by atoms with E-state index in [-0.39, 0.29) is 23.2 Å². The first kappa shape index (κ1) is 13.0. The Hall–Kier alpha value is -1.00. The maximum atomic E-state index is 12.3. The highest BCUT2D eigenvalue weighted by Crippen LogP contribution is 2.44. The third kappa shape index (κ3) is 2.65. The number of benzene rings is 1. The molecule has 1 aliphatic carbocycles. The third-order valence-corrected chi connectivity index (χ3v) is 5.40. The van der Waals surface area contributed by atoms with E-state index < -0.39 is 0 Å². The fourth-order valence-electron chi connectivity index (χ4n) is 2.55. The average Bonchev–Trinajstić information content (AvgIpc) is 3.25. The minimum absolute atomic E-state index is 0.0193. The van der Waals surface area contributed by atoms with Crippen LogP contribution in [0.3, 0.4) is 0 Å². The summed E-state index contributed by atoms with van der Waals surface area (Å²) in [5, 5.41) is 12.2. The zero-order valence-electron chi connectivity index (χ0n) is 10.9. The van der Waals surface area contributed by atoms with Gasteiger partial charge in [-0.3, -0.25) is 4.79 Å². The van der Waals surface area contributed by atoms with E-state index in [0.29, 0.717) is 6.54 Å². The number of hydrogen-bond donors (Lipinski definition) is 2. The molecule has 0 aromatic heterocycles.